The van der Waals surface area contributed by atoms with E-state index in [1.807, 2.05) is 31.3 Å². The number of para-hydroxylation sites is 1. The molecule has 3 aromatic rings. The van der Waals surface area contributed by atoms with E-state index >= 15 is 0 Å². The Morgan fingerprint density at radius 3 is 2.63 bits per heavy atom. The molecule has 0 atom stereocenters. The second kappa shape index (κ2) is 8.70. The summed E-state index contributed by atoms with van der Waals surface area (Å²) in [6.45, 7) is 1.24. The van der Waals surface area contributed by atoms with E-state index in [-0.39, 0.29) is 16.7 Å². The van der Waals surface area contributed by atoms with Crippen molar-refractivity contribution >= 4 is 22.9 Å². The highest BCUT2D eigenvalue weighted by atomic mass is 32.1. The van der Waals surface area contributed by atoms with Crippen LogP contribution in [0.25, 0.3) is 0 Å². The molecule has 0 radical (unpaired) electrons. The molecule has 0 spiro atoms. The number of methoxy groups -OCH3 is 1. The average Bonchev–Trinajstić information content (AvgIpc) is 3.12. The maximum Gasteiger partial charge on any atom is 0.286 e. The molecular formula is C19H19FN4O2S. The first-order valence-electron chi connectivity index (χ1n) is 8.25. The lowest BCUT2D eigenvalue weighted by Crippen LogP contribution is -2.17. The van der Waals surface area contributed by atoms with Gasteiger partial charge in [0.25, 0.3) is 5.91 Å². The molecule has 0 unspecified atom stereocenters. The van der Waals surface area contributed by atoms with Crippen LogP contribution in [-0.4, -0.2) is 35.2 Å². The number of hydrogen-bond acceptors (Lipinski definition) is 6. The van der Waals surface area contributed by atoms with E-state index in [0.717, 1.165) is 16.3 Å². The van der Waals surface area contributed by atoms with Gasteiger partial charge in [0.2, 0.25) is 5.01 Å². The van der Waals surface area contributed by atoms with Crippen LogP contribution in [0.3, 0.4) is 0 Å². The molecule has 0 aliphatic heterocycles. The van der Waals surface area contributed by atoms with Crippen molar-refractivity contribution in [1.29, 1.82) is 0 Å². The van der Waals surface area contributed by atoms with Crippen molar-refractivity contribution in [2.24, 2.45) is 0 Å². The summed E-state index contributed by atoms with van der Waals surface area (Å²) in [7, 11) is 3.61. The van der Waals surface area contributed by atoms with Crippen LogP contribution in [0.4, 0.5) is 10.1 Å². The zero-order valence-electron chi connectivity index (χ0n) is 15.0. The summed E-state index contributed by atoms with van der Waals surface area (Å²) in [5, 5.41) is 11.7. The molecule has 1 N–H and O–H groups in total. The third-order valence-corrected chi connectivity index (χ3v) is 4.71. The van der Waals surface area contributed by atoms with Crippen molar-refractivity contribution in [3.05, 3.63) is 69.9 Å². The van der Waals surface area contributed by atoms with Crippen molar-refractivity contribution in [3.63, 3.8) is 0 Å². The lowest BCUT2D eigenvalue weighted by atomic mass is 10.2. The molecule has 140 valence electrons. The molecule has 1 aromatic heterocycles. The van der Waals surface area contributed by atoms with Crippen molar-refractivity contribution in [1.82, 2.24) is 15.1 Å². The Balaban J connectivity index is 1.60. The topological polar surface area (TPSA) is 67.3 Å². The van der Waals surface area contributed by atoms with Gasteiger partial charge in [0.1, 0.15) is 16.6 Å². The number of benzene rings is 2. The fourth-order valence-electron chi connectivity index (χ4n) is 2.54. The lowest BCUT2D eigenvalue weighted by Gasteiger charge is -2.16. The van der Waals surface area contributed by atoms with Gasteiger partial charge in [-0.2, -0.15) is 0 Å². The second-order valence-corrected chi connectivity index (χ2v) is 7.01. The molecule has 0 aliphatic carbocycles. The number of rotatable bonds is 7. The van der Waals surface area contributed by atoms with E-state index in [9.17, 15) is 9.18 Å². The van der Waals surface area contributed by atoms with Crippen LogP contribution < -0.4 is 10.1 Å². The summed E-state index contributed by atoms with van der Waals surface area (Å²) < 4.78 is 18.3. The predicted octanol–water partition coefficient (Wildman–Crippen LogP) is 3.57. The maximum atomic E-state index is 12.9. The van der Waals surface area contributed by atoms with Crippen molar-refractivity contribution in [2.45, 2.75) is 13.1 Å². The third-order valence-electron chi connectivity index (χ3n) is 3.80. The Morgan fingerprint density at radius 2 is 1.89 bits per heavy atom. The number of aromatic nitrogens is 2. The maximum absolute atomic E-state index is 12.9. The van der Waals surface area contributed by atoms with Crippen molar-refractivity contribution in [3.8, 4) is 5.75 Å². The van der Waals surface area contributed by atoms with Crippen molar-refractivity contribution in [2.75, 3.05) is 19.5 Å². The highest BCUT2D eigenvalue weighted by Gasteiger charge is 2.15. The highest BCUT2D eigenvalue weighted by molar-refractivity contribution is 7.13. The van der Waals surface area contributed by atoms with Gasteiger partial charge in [-0.1, -0.05) is 29.5 Å². The monoisotopic (exact) mass is 386 g/mol. The van der Waals surface area contributed by atoms with E-state index in [0.29, 0.717) is 18.8 Å². The van der Waals surface area contributed by atoms with Crippen LogP contribution in [-0.2, 0) is 13.1 Å². The number of nitrogens with one attached hydrogen (secondary N) is 1. The van der Waals surface area contributed by atoms with Gasteiger partial charge in [-0.3, -0.25) is 9.69 Å². The molecule has 0 fully saturated rings. The second-order valence-electron chi connectivity index (χ2n) is 5.95. The molecule has 0 aliphatic rings. The summed E-state index contributed by atoms with van der Waals surface area (Å²) in [6, 6.07) is 13.4. The van der Waals surface area contributed by atoms with Gasteiger partial charge >= 0.3 is 0 Å². The summed E-state index contributed by atoms with van der Waals surface area (Å²) in [4.78, 5) is 14.3. The highest BCUT2D eigenvalue weighted by Crippen LogP contribution is 2.20. The first-order chi connectivity index (χ1) is 13.0. The van der Waals surface area contributed by atoms with Crippen molar-refractivity contribution < 1.29 is 13.9 Å². The van der Waals surface area contributed by atoms with E-state index in [1.165, 1.54) is 35.6 Å². The van der Waals surface area contributed by atoms with Gasteiger partial charge in [0.05, 0.1) is 13.7 Å². The van der Waals surface area contributed by atoms with E-state index in [2.05, 4.69) is 20.4 Å². The summed E-state index contributed by atoms with van der Waals surface area (Å²) in [5.41, 5.74) is 1.58. The van der Waals surface area contributed by atoms with Gasteiger partial charge in [0.15, 0.2) is 0 Å². The first kappa shape index (κ1) is 18.9. The van der Waals surface area contributed by atoms with Gasteiger partial charge in [-0.15, -0.1) is 10.2 Å². The molecule has 3 rings (SSSR count). The smallest absolute Gasteiger partial charge is 0.286 e. The Bertz CT molecular complexity index is 914. The van der Waals surface area contributed by atoms with Crippen LogP contribution in [0.1, 0.15) is 20.4 Å². The van der Waals surface area contributed by atoms with E-state index in [4.69, 9.17) is 4.74 Å². The normalized spacial score (nSPS) is 10.8. The fourth-order valence-corrected chi connectivity index (χ4v) is 3.35. The quantitative estimate of drug-likeness (QED) is 0.672. The first-order valence-corrected chi connectivity index (χ1v) is 9.06. The molecule has 2 aromatic carbocycles. The van der Waals surface area contributed by atoms with Crippen LogP contribution >= 0.6 is 11.3 Å². The number of anilines is 1. The van der Waals surface area contributed by atoms with Gasteiger partial charge < -0.3 is 10.1 Å². The van der Waals surface area contributed by atoms with Gasteiger partial charge in [0, 0.05) is 17.8 Å². The fraction of sp³-hybridized carbons (Fsp3) is 0.211. The van der Waals surface area contributed by atoms with Crippen LogP contribution in [0.5, 0.6) is 5.75 Å². The summed E-state index contributed by atoms with van der Waals surface area (Å²) in [5.74, 6) is 0.114. The summed E-state index contributed by atoms with van der Waals surface area (Å²) in [6.07, 6.45) is 0. The largest absolute Gasteiger partial charge is 0.496 e. The zero-order valence-corrected chi connectivity index (χ0v) is 15.8. The molecule has 0 saturated carbocycles. The minimum absolute atomic E-state index is 0.264. The Kier molecular flexibility index (Phi) is 6.10. The Labute approximate surface area is 160 Å². The van der Waals surface area contributed by atoms with Crippen LogP contribution in [0, 0.1) is 5.82 Å². The van der Waals surface area contributed by atoms with Crippen LogP contribution in [0.2, 0.25) is 0 Å². The van der Waals surface area contributed by atoms with Crippen LogP contribution in [0.15, 0.2) is 48.5 Å². The molecule has 6 nitrogen and oxygen atoms in total. The van der Waals surface area contributed by atoms with Gasteiger partial charge in [-0.25, -0.2) is 4.39 Å². The number of ether oxygens (including phenoxy) is 1. The molecule has 1 amide bonds. The summed E-state index contributed by atoms with van der Waals surface area (Å²) >= 11 is 1.23. The lowest BCUT2D eigenvalue weighted by molar-refractivity contribution is 0.102. The number of carbonyl (C=O) groups is 1. The minimum Gasteiger partial charge on any atom is -0.496 e. The van der Waals surface area contributed by atoms with E-state index < -0.39 is 0 Å². The van der Waals surface area contributed by atoms with Gasteiger partial charge in [-0.05, 0) is 37.4 Å². The third kappa shape index (κ3) is 5.08. The minimum atomic E-state index is -0.363. The predicted molar refractivity (Wildman–Crippen MR) is 102 cm³/mol. The molecule has 27 heavy (non-hydrogen) atoms. The average molecular weight is 386 g/mol. The SMILES string of the molecule is COc1ccccc1CN(C)Cc1nnc(C(=O)Nc2ccc(F)cc2)s1. The number of amides is 1. The Hall–Kier alpha value is -2.84. The molecule has 8 heteroatoms. The zero-order chi connectivity index (χ0) is 19.2. The number of nitrogens with zero attached hydrogens (tertiary/aromatic N) is 3. The number of halogens is 1. The standard InChI is InChI=1S/C19H19FN4O2S/c1-24(11-13-5-3-4-6-16(13)26-2)12-17-22-23-19(27-17)18(25)21-15-9-7-14(20)8-10-15/h3-10H,11-12H2,1-2H3,(H,21,25). The number of carbonyl (C=O) groups excluding carboxylic acids is 1. The number of hydrogen-bond donors (Lipinski definition) is 1. The molecule has 0 bridgehead atoms. The Morgan fingerprint density at radius 1 is 1.15 bits per heavy atom. The van der Waals surface area contributed by atoms with E-state index in [1.54, 1.807) is 7.11 Å². The molecule has 1 heterocycles. The molecular weight excluding hydrogens is 367 g/mol. The molecule has 0 saturated heterocycles.